The van der Waals surface area contributed by atoms with Crippen LogP contribution in [0.15, 0.2) is 62.6 Å². The minimum absolute atomic E-state index is 0.103. The second-order valence-corrected chi connectivity index (χ2v) is 9.93. The van der Waals surface area contributed by atoms with Gasteiger partial charge >= 0.3 is 11.8 Å². The minimum Gasteiger partial charge on any atom is -0.378 e. The van der Waals surface area contributed by atoms with Gasteiger partial charge in [-0.1, -0.05) is 41.6 Å². The van der Waals surface area contributed by atoms with Crippen LogP contribution in [0.4, 0.5) is 5.69 Å². The quantitative estimate of drug-likeness (QED) is 0.476. The first-order chi connectivity index (χ1) is 15.5. The van der Waals surface area contributed by atoms with Crippen LogP contribution in [0, 0.1) is 0 Å². The van der Waals surface area contributed by atoms with Crippen LogP contribution in [0.3, 0.4) is 0 Å². The van der Waals surface area contributed by atoms with Crippen LogP contribution in [-0.2, 0) is 14.8 Å². The number of hydrogen-bond acceptors (Lipinski definition) is 8. The highest BCUT2D eigenvalue weighted by molar-refractivity contribution is 7.94. The highest BCUT2D eigenvalue weighted by atomic mass is 32.2. The maximum atomic E-state index is 13.0. The smallest absolute Gasteiger partial charge is 0.316 e. The number of nitrogens with zero attached hydrogens (tertiary/aromatic N) is 3. The van der Waals surface area contributed by atoms with E-state index in [1.54, 1.807) is 22.4 Å². The molecule has 0 atom stereocenters. The predicted octanol–water partition coefficient (Wildman–Crippen LogP) is 3.22. The maximum absolute atomic E-state index is 13.0. The highest BCUT2D eigenvalue weighted by Crippen LogP contribution is 2.30. The van der Waals surface area contributed by atoms with Crippen LogP contribution >= 0.6 is 11.3 Å². The molecule has 164 valence electrons. The summed E-state index contributed by atoms with van der Waals surface area (Å²) in [5.74, 6) is -0.344. The third kappa shape index (κ3) is 3.97. The van der Waals surface area contributed by atoms with Gasteiger partial charge in [-0.3, -0.25) is 9.52 Å². The molecule has 1 aliphatic rings. The first kappa shape index (κ1) is 20.6. The number of benzene rings is 2. The lowest BCUT2D eigenvalue weighted by Gasteiger charge is -2.25. The van der Waals surface area contributed by atoms with Crippen molar-refractivity contribution in [1.29, 1.82) is 0 Å². The zero-order valence-corrected chi connectivity index (χ0v) is 18.4. The Kier molecular flexibility index (Phi) is 5.37. The summed E-state index contributed by atoms with van der Waals surface area (Å²) >= 11 is 1.04. The topological polar surface area (TPSA) is 115 Å². The molecule has 4 aromatic rings. The average molecular weight is 471 g/mol. The first-order valence-electron chi connectivity index (χ1n) is 9.81. The molecule has 1 fully saturated rings. The summed E-state index contributed by atoms with van der Waals surface area (Å²) in [6, 6.07) is 14.4. The number of ether oxygens (including phenoxy) is 1. The molecule has 32 heavy (non-hydrogen) atoms. The molecule has 11 heteroatoms. The van der Waals surface area contributed by atoms with Gasteiger partial charge in [0.1, 0.15) is 4.21 Å². The number of sulfonamides is 1. The zero-order chi connectivity index (χ0) is 22.1. The lowest BCUT2D eigenvalue weighted by molar-refractivity contribution is 0.0272. The van der Waals surface area contributed by atoms with E-state index in [0.717, 1.165) is 22.1 Å². The van der Waals surface area contributed by atoms with E-state index in [4.69, 9.17) is 9.26 Å². The molecule has 0 unspecified atom stereocenters. The Labute approximate surface area is 187 Å². The summed E-state index contributed by atoms with van der Waals surface area (Å²) in [6.45, 7) is 1.83. The molecule has 0 spiro atoms. The molecule has 1 N–H and O–H groups in total. The molecule has 5 rings (SSSR count). The molecule has 0 bridgehead atoms. The third-order valence-electron chi connectivity index (χ3n) is 5.04. The number of carbonyl (C=O) groups excluding carboxylic acids is 1. The number of nitrogens with one attached hydrogen (secondary N) is 1. The number of anilines is 1. The van der Waals surface area contributed by atoms with Crippen molar-refractivity contribution >= 4 is 43.7 Å². The molecule has 2 aromatic carbocycles. The van der Waals surface area contributed by atoms with Crippen molar-refractivity contribution in [2.45, 2.75) is 4.21 Å². The monoisotopic (exact) mass is 470 g/mol. The van der Waals surface area contributed by atoms with Crippen LogP contribution in [0.1, 0.15) is 10.7 Å². The maximum Gasteiger partial charge on any atom is 0.316 e. The van der Waals surface area contributed by atoms with Gasteiger partial charge in [0.2, 0.25) is 5.82 Å². The Hall–Kier alpha value is -3.28. The van der Waals surface area contributed by atoms with Crippen LogP contribution in [0.2, 0.25) is 0 Å². The number of thiophene rings is 1. The summed E-state index contributed by atoms with van der Waals surface area (Å²) in [7, 11) is -3.83. The molecule has 0 radical (unpaired) electrons. The van der Waals surface area contributed by atoms with E-state index in [0.29, 0.717) is 37.6 Å². The van der Waals surface area contributed by atoms with Crippen molar-refractivity contribution in [1.82, 2.24) is 15.0 Å². The van der Waals surface area contributed by atoms with Crippen molar-refractivity contribution in [3.05, 3.63) is 59.8 Å². The van der Waals surface area contributed by atoms with Crippen LogP contribution in [0.5, 0.6) is 0 Å². The van der Waals surface area contributed by atoms with Crippen molar-refractivity contribution in [3.8, 4) is 11.4 Å². The molecule has 3 heterocycles. The molecule has 1 aliphatic heterocycles. The number of carbonyl (C=O) groups is 1. The van der Waals surface area contributed by atoms with Crippen molar-refractivity contribution in [3.63, 3.8) is 0 Å². The Bertz CT molecular complexity index is 1380. The molecule has 1 saturated heterocycles. The fourth-order valence-electron chi connectivity index (χ4n) is 3.41. The Morgan fingerprint density at radius 1 is 1.09 bits per heavy atom. The van der Waals surface area contributed by atoms with Crippen molar-refractivity contribution in [2.24, 2.45) is 0 Å². The molecule has 2 aromatic heterocycles. The molecule has 1 amide bonds. The molecule has 0 aliphatic carbocycles. The highest BCUT2D eigenvalue weighted by Gasteiger charge is 2.25. The van der Waals surface area contributed by atoms with Gasteiger partial charge in [-0.15, -0.1) is 11.3 Å². The Morgan fingerprint density at radius 2 is 1.88 bits per heavy atom. The van der Waals surface area contributed by atoms with E-state index in [2.05, 4.69) is 14.9 Å². The van der Waals surface area contributed by atoms with Crippen LogP contribution < -0.4 is 4.72 Å². The van der Waals surface area contributed by atoms with E-state index in [9.17, 15) is 13.2 Å². The average Bonchev–Trinajstić information content (AvgIpc) is 3.50. The van der Waals surface area contributed by atoms with Gasteiger partial charge < -0.3 is 14.2 Å². The minimum atomic E-state index is -3.83. The summed E-state index contributed by atoms with van der Waals surface area (Å²) in [5.41, 5.74) is 0.953. The van der Waals surface area contributed by atoms with Gasteiger partial charge in [-0.25, -0.2) is 8.42 Å². The number of morpholine rings is 1. The van der Waals surface area contributed by atoms with Crippen molar-refractivity contribution in [2.75, 3.05) is 31.0 Å². The molecule has 0 saturated carbocycles. The van der Waals surface area contributed by atoms with E-state index in [1.807, 2.05) is 30.3 Å². The Morgan fingerprint density at radius 3 is 2.72 bits per heavy atom. The van der Waals surface area contributed by atoms with Crippen LogP contribution in [0.25, 0.3) is 22.2 Å². The number of fused-ring (bicyclic) bond motifs is 1. The SMILES string of the molecule is O=C(c1nc(-c2csc(S(=O)(=O)Nc3cccc4ccccc34)c2)no1)N1CCOCC1. The fourth-order valence-corrected chi connectivity index (χ4v) is 5.65. The number of aromatic nitrogens is 2. The van der Waals surface area contributed by atoms with Crippen LogP contribution in [-0.4, -0.2) is 55.7 Å². The summed E-state index contributed by atoms with van der Waals surface area (Å²) in [4.78, 5) is 18.2. The fraction of sp³-hybridized carbons (Fsp3) is 0.190. The number of hydrogen-bond donors (Lipinski definition) is 1. The van der Waals surface area contributed by atoms with E-state index < -0.39 is 10.0 Å². The first-order valence-corrected chi connectivity index (χ1v) is 12.2. The second-order valence-electron chi connectivity index (χ2n) is 7.11. The normalized spacial score (nSPS) is 14.6. The van der Waals surface area contributed by atoms with E-state index in [1.165, 1.54) is 6.07 Å². The second kappa shape index (κ2) is 8.34. The number of rotatable bonds is 5. The Balaban J connectivity index is 1.37. The zero-order valence-electron chi connectivity index (χ0n) is 16.7. The van der Waals surface area contributed by atoms with Gasteiger partial charge in [-0.05, 0) is 17.5 Å². The van der Waals surface area contributed by atoms with E-state index in [-0.39, 0.29) is 21.8 Å². The predicted molar refractivity (Wildman–Crippen MR) is 119 cm³/mol. The lowest BCUT2D eigenvalue weighted by atomic mass is 10.1. The van der Waals surface area contributed by atoms with E-state index >= 15 is 0 Å². The largest absolute Gasteiger partial charge is 0.378 e. The summed E-state index contributed by atoms with van der Waals surface area (Å²) < 4.78 is 39.1. The number of amides is 1. The standard InChI is InChI=1S/C21H18N4O5S2/c26-21(25-8-10-29-11-9-25)20-22-19(23-30-20)15-12-18(31-13-15)32(27,28)24-17-7-3-5-14-4-1-2-6-16(14)17/h1-7,12-13,24H,8-11H2. The van der Waals surface area contributed by atoms with Gasteiger partial charge in [-0.2, -0.15) is 4.98 Å². The third-order valence-corrected chi connectivity index (χ3v) is 7.84. The van der Waals surface area contributed by atoms with Gasteiger partial charge in [0.15, 0.2) is 0 Å². The molecular formula is C21H18N4O5S2. The summed E-state index contributed by atoms with van der Waals surface area (Å²) in [5, 5.41) is 7.21. The van der Waals surface area contributed by atoms with Gasteiger partial charge in [0.25, 0.3) is 10.0 Å². The van der Waals surface area contributed by atoms with Gasteiger partial charge in [0, 0.05) is 29.4 Å². The molecular weight excluding hydrogens is 452 g/mol. The van der Waals surface area contributed by atoms with Crippen molar-refractivity contribution < 1.29 is 22.5 Å². The van der Waals surface area contributed by atoms with Gasteiger partial charge in [0.05, 0.1) is 18.9 Å². The molecule has 9 nitrogen and oxygen atoms in total. The lowest BCUT2D eigenvalue weighted by Crippen LogP contribution is -2.40. The summed E-state index contributed by atoms with van der Waals surface area (Å²) in [6.07, 6.45) is 0.